The molecule has 8 nitrogen and oxygen atoms in total. The summed E-state index contributed by atoms with van der Waals surface area (Å²) in [6.45, 7) is 4.97. The quantitative estimate of drug-likeness (QED) is 0.677. The van der Waals surface area contributed by atoms with Crippen LogP contribution >= 0.6 is 0 Å². The molecule has 0 saturated carbocycles. The van der Waals surface area contributed by atoms with Crippen LogP contribution in [0, 0.1) is 0 Å². The topological polar surface area (TPSA) is 88.2 Å². The maximum Gasteiger partial charge on any atom is 0.268 e. The number of nitrogens with zero attached hydrogens (tertiary/aromatic N) is 2. The zero-order valence-electron chi connectivity index (χ0n) is 19.7. The van der Waals surface area contributed by atoms with Gasteiger partial charge in [0.15, 0.2) is 12.7 Å². The van der Waals surface area contributed by atoms with Crippen molar-refractivity contribution < 1.29 is 23.9 Å². The molecule has 1 unspecified atom stereocenters. The van der Waals surface area contributed by atoms with Gasteiger partial charge in [-0.25, -0.2) is 0 Å². The molecule has 2 aromatic carbocycles. The first kappa shape index (κ1) is 23.6. The van der Waals surface area contributed by atoms with Crippen LogP contribution in [0.3, 0.4) is 0 Å². The number of likely N-dealkylation sites (tertiary alicyclic amines) is 1. The van der Waals surface area contributed by atoms with Crippen LogP contribution in [-0.2, 0) is 20.8 Å². The van der Waals surface area contributed by atoms with Crippen molar-refractivity contribution in [1.82, 2.24) is 4.90 Å². The maximum absolute atomic E-state index is 12.9. The van der Waals surface area contributed by atoms with Crippen molar-refractivity contribution in [3.05, 3.63) is 48.0 Å². The molecule has 0 radical (unpaired) electrons. The van der Waals surface area contributed by atoms with E-state index in [1.807, 2.05) is 29.2 Å². The van der Waals surface area contributed by atoms with Gasteiger partial charge in [-0.15, -0.1) is 0 Å². The number of piperidine rings is 1. The van der Waals surface area contributed by atoms with Crippen LogP contribution in [0.15, 0.2) is 42.5 Å². The van der Waals surface area contributed by atoms with E-state index in [9.17, 15) is 14.4 Å². The van der Waals surface area contributed by atoms with Gasteiger partial charge >= 0.3 is 0 Å². The number of hydrogen-bond donors (Lipinski definition) is 1. The Morgan fingerprint density at radius 2 is 1.91 bits per heavy atom. The van der Waals surface area contributed by atoms with E-state index in [-0.39, 0.29) is 30.9 Å². The number of amides is 3. The van der Waals surface area contributed by atoms with E-state index in [4.69, 9.17) is 9.47 Å². The number of carbonyl (C=O) groups is 3. The van der Waals surface area contributed by atoms with Crippen molar-refractivity contribution >= 4 is 29.1 Å². The van der Waals surface area contributed by atoms with Gasteiger partial charge in [0.25, 0.3) is 11.8 Å². The Kier molecular flexibility index (Phi) is 7.35. The predicted molar refractivity (Wildman–Crippen MR) is 129 cm³/mol. The Balaban J connectivity index is 1.44. The Bertz CT molecular complexity index is 1060. The highest BCUT2D eigenvalue weighted by molar-refractivity contribution is 6.04. The smallest absolute Gasteiger partial charge is 0.268 e. The van der Waals surface area contributed by atoms with Crippen molar-refractivity contribution in [2.45, 2.75) is 45.6 Å². The molecule has 1 saturated heterocycles. The van der Waals surface area contributed by atoms with Crippen molar-refractivity contribution in [1.29, 1.82) is 0 Å². The Labute approximate surface area is 199 Å². The third-order valence-corrected chi connectivity index (χ3v) is 6.13. The molecule has 3 amide bonds. The zero-order valence-corrected chi connectivity index (χ0v) is 19.7. The van der Waals surface area contributed by atoms with Gasteiger partial charge < -0.3 is 19.7 Å². The van der Waals surface area contributed by atoms with Crippen LogP contribution in [0.5, 0.6) is 11.5 Å². The summed E-state index contributed by atoms with van der Waals surface area (Å²) >= 11 is 0. The second-order valence-electron chi connectivity index (χ2n) is 8.65. The molecular weight excluding hydrogens is 434 g/mol. The van der Waals surface area contributed by atoms with Crippen LogP contribution < -0.4 is 19.7 Å². The van der Waals surface area contributed by atoms with E-state index in [2.05, 4.69) is 12.2 Å². The summed E-state index contributed by atoms with van der Waals surface area (Å²) in [7, 11) is 0. The van der Waals surface area contributed by atoms with Crippen LogP contribution in [0.25, 0.3) is 0 Å². The molecule has 8 heteroatoms. The minimum atomic E-state index is -0.686. The molecule has 180 valence electrons. The number of nitrogens with one attached hydrogen (secondary N) is 1. The van der Waals surface area contributed by atoms with Gasteiger partial charge in [-0.3, -0.25) is 19.3 Å². The van der Waals surface area contributed by atoms with Crippen LogP contribution in [0.2, 0.25) is 0 Å². The highest BCUT2D eigenvalue weighted by Crippen LogP contribution is 2.36. The van der Waals surface area contributed by atoms with Gasteiger partial charge in [-0.05, 0) is 68.5 Å². The summed E-state index contributed by atoms with van der Waals surface area (Å²) in [5.74, 6) is 0.458. The average molecular weight is 466 g/mol. The Morgan fingerprint density at radius 3 is 2.68 bits per heavy atom. The molecule has 2 aromatic rings. The van der Waals surface area contributed by atoms with Crippen LogP contribution in [0.1, 0.15) is 38.7 Å². The molecule has 0 aliphatic carbocycles. The van der Waals surface area contributed by atoms with Gasteiger partial charge in [0.1, 0.15) is 18.0 Å². The number of anilines is 2. The maximum atomic E-state index is 12.9. The summed E-state index contributed by atoms with van der Waals surface area (Å²) in [6, 6.07) is 12.7. The minimum absolute atomic E-state index is 0.0478. The summed E-state index contributed by atoms with van der Waals surface area (Å²) in [4.78, 5) is 41.5. The van der Waals surface area contributed by atoms with E-state index in [1.54, 1.807) is 25.1 Å². The highest BCUT2D eigenvalue weighted by atomic mass is 16.5. The minimum Gasteiger partial charge on any atom is -0.484 e. The van der Waals surface area contributed by atoms with Crippen LogP contribution in [0.4, 0.5) is 11.4 Å². The van der Waals surface area contributed by atoms with Gasteiger partial charge in [0.05, 0.1) is 5.69 Å². The molecule has 2 aliphatic rings. The van der Waals surface area contributed by atoms with E-state index in [1.165, 1.54) is 4.90 Å². The number of rotatable bonds is 7. The van der Waals surface area contributed by atoms with Crippen molar-refractivity contribution in [3.63, 3.8) is 0 Å². The molecule has 2 aliphatic heterocycles. The largest absolute Gasteiger partial charge is 0.484 e. The van der Waals surface area contributed by atoms with Crippen molar-refractivity contribution in [2.24, 2.45) is 0 Å². The predicted octanol–water partition coefficient (Wildman–Crippen LogP) is 3.39. The lowest BCUT2D eigenvalue weighted by Gasteiger charge is -2.35. The Morgan fingerprint density at radius 1 is 1.12 bits per heavy atom. The molecule has 0 aromatic heterocycles. The fourth-order valence-electron chi connectivity index (χ4n) is 4.23. The van der Waals surface area contributed by atoms with E-state index in [0.29, 0.717) is 22.9 Å². The first-order valence-corrected chi connectivity index (χ1v) is 11.9. The summed E-state index contributed by atoms with van der Waals surface area (Å²) in [6.07, 6.45) is 3.29. The fourth-order valence-corrected chi connectivity index (χ4v) is 4.23. The summed E-state index contributed by atoms with van der Waals surface area (Å²) in [5, 5.41) is 2.80. The highest BCUT2D eigenvalue weighted by Gasteiger charge is 2.34. The molecule has 0 spiro atoms. The summed E-state index contributed by atoms with van der Waals surface area (Å²) in [5.41, 5.74) is 2.10. The zero-order chi connectivity index (χ0) is 24.1. The molecule has 0 bridgehead atoms. The second kappa shape index (κ2) is 10.6. The number of benzene rings is 2. The van der Waals surface area contributed by atoms with Crippen molar-refractivity contribution in [2.75, 3.05) is 36.5 Å². The second-order valence-corrected chi connectivity index (χ2v) is 8.65. The van der Waals surface area contributed by atoms with Gasteiger partial charge in [0.2, 0.25) is 5.91 Å². The SMILES string of the molecule is CCc1cccc(OCC(=O)Nc2ccc3c(c2)N(CC(=O)N2CCCCC2)C(=O)C(C)O3)c1. The lowest BCUT2D eigenvalue weighted by molar-refractivity contribution is -0.133. The molecule has 1 atom stereocenters. The molecule has 1 N–H and O–H groups in total. The molecule has 2 heterocycles. The molecule has 1 fully saturated rings. The lowest BCUT2D eigenvalue weighted by Crippen LogP contribution is -2.50. The van der Waals surface area contributed by atoms with Crippen LogP contribution in [-0.4, -0.2) is 55.0 Å². The Hall–Kier alpha value is -3.55. The fraction of sp³-hybridized carbons (Fsp3) is 0.423. The summed E-state index contributed by atoms with van der Waals surface area (Å²) < 4.78 is 11.4. The number of ether oxygens (including phenoxy) is 2. The van der Waals surface area contributed by atoms with E-state index < -0.39 is 6.10 Å². The van der Waals surface area contributed by atoms with E-state index >= 15 is 0 Å². The first-order valence-electron chi connectivity index (χ1n) is 11.9. The van der Waals surface area contributed by atoms with Gasteiger partial charge in [-0.1, -0.05) is 19.1 Å². The normalized spacial score (nSPS) is 17.6. The molecular formula is C26H31N3O5. The number of aryl methyl sites for hydroxylation is 1. The number of fused-ring (bicyclic) bond motifs is 1. The monoisotopic (exact) mass is 465 g/mol. The number of hydrogen-bond acceptors (Lipinski definition) is 5. The average Bonchev–Trinajstić information content (AvgIpc) is 2.86. The van der Waals surface area contributed by atoms with Gasteiger partial charge in [0, 0.05) is 18.8 Å². The van der Waals surface area contributed by atoms with E-state index in [0.717, 1.165) is 44.3 Å². The lowest BCUT2D eigenvalue weighted by atomic mass is 10.1. The first-order chi connectivity index (χ1) is 16.4. The third-order valence-electron chi connectivity index (χ3n) is 6.13. The third kappa shape index (κ3) is 5.50. The van der Waals surface area contributed by atoms with Gasteiger partial charge in [-0.2, -0.15) is 0 Å². The molecule has 34 heavy (non-hydrogen) atoms. The number of carbonyl (C=O) groups excluding carboxylic acids is 3. The standard InChI is InChI=1S/C26H31N3O5/c1-3-19-8-7-9-21(14-19)33-17-24(30)27-20-10-11-23-22(15-20)29(26(32)18(2)34-23)16-25(31)28-12-5-4-6-13-28/h7-11,14-15,18H,3-6,12-13,16-17H2,1-2H3,(H,27,30). The van der Waals surface area contributed by atoms with Crippen molar-refractivity contribution in [3.8, 4) is 11.5 Å². The molecule has 4 rings (SSSR count).